The summed E-state index contributed by atoms with van der Waals surface area (Å²) in [4.78, 5) is 12.7. The Morgan fingerprint density at radius 2 is 1.85 bits per heavy atom. The number of aromatic nitrogens is 3. The van der Waals surface area contributed by atoms with Crippen LogP contribution < -0.4 is 10.6 Å². The van der Waals surface area contributed by atoms with Gasteiger partial charge in [0, 0.05) is 36.8 Å². The molecule has 0 aliphatic heterocycles. The summed E-state index contributed by atoms with van der Waals surface area (Å²) in [6.07, 6.45) is -1.11. The second-order valence-corrected chi connectivity index (χ2v) is 5.61. The lowest BCUT2D eigenvalue weighted by Crippen LogP contribution is -2.08. The highest BCUT2D eigenvalue weighted by Crippen LogP contribution is 2.34. The van der Waals surface area contributed by atoms with E-state index >= 15 is 0 Å². The molecular formula is C18H16F3N5. The highest BCUT2D eigenvalue weighted by molar-refractivity contribution is 5.67. The van der Waals surface area contributed by atoms with E-state index in [2.05, 4.69) is 25.6 Å². The van der Waals surface area contributed by atoms with E-state index in [0.29, 0.717) is 23.1 Å². The summed E-state index contributed by atoms with van der Waals surface area (Å²) in [5.74, 6) is 0.720. The minimum atomic E-state index is -4.41. The van der Waals surface area contributed by atoms with E-state index in [9.17, 15) is 13.2 Å². The monoisotopic (exact) mass is 359 g/mol. The molecular weight excluding hydrogens is 343 g/mol. The SMILES string of the molecule is CNc1nc(Nc2ccc(C)c(C(F)(F)F)c2)cc(-c2cccnc2)n1. The van der Waals surface area contributed by atoms with E-state index in [1.54, 1.807) is 37.6 Å². The molecule has 0 unspecified atom stereocenters. The number of nitrogens with zero attached hydrogens (tertiary/aromatic N) is 3. The van der Waals surface area contributed by atoms with E-state index in [1.807, 2.05) is 6.07 Å². The Morgan fingerprint density at radius 3 is 2.50 bits per heavy atom. The van der Waals surface area contributed by atoms with Gasteiger partial charge in [0.1, 0.15) is 5.82 Å². The number of hydrogen-bond acceptors (Lipinski definition) is 5. The Hall–Kier alpha value is -3.16. The van der Waals surface area contributed by atoms with Crippen LogP contribution in [0.5, 0.6) is 0 Å². The van der Waals surface area contributed by atoms with Gasteiger partial charge in [-0.05, 0) is 36.8 Å². The van der Waals surface area contributed by atoms with Crippen LogP contribution in [0.15, 0.2) is 48.8 Å². The summed E-state index contributed by atoms with van der Waals surface area (Å²) in [5, 5.41) is 5.76. The molecule has 0 atom stereocenters. The Bertz CT molecular complexity index is 910. The number of pyridine rings is 1. The van der Waals surface area contributed by atoms with Crippen molar-refractivity contribution in [2.24, 2.45) is 0 Å². The molecule has 1 aromatic carbocycles. The number of hydrogen-bond donors (Lipinski definition) is 2. The summed E-state index contributed by atoms with van der Waals surface area (Å²) in [6, 6.07) is 9.35. The van der Waals surface area contributed by atoms with Crippen molar-refractivity contribution in [1.29, 1.82) is 0 Å². The van der Waals surface area contributed by atoms with Crippen LogP contribution in [0.3, 0.4) is 0 Å². The molecule has 8 heteroatoms. The lowest BCUT2D eigenvalue weighted by Gasteiger charge is -2.14. The van der Waals surface area contributed by atoms with Crippen molar-refractivity contribution in [2.75, 3.05) is 17.7 Å². The fourth-order valence-corrected chi connectivity index (χ4v) is 2.44. The maximum Gasteiger partial charge on any atom is 0.416 e. The topological polar surface area (TPSA) is 62.7 Å². The first-order valence-electron chi connectivity index (χ1n) is 7.79. The van der Waals surface area contributed by atoms with Crippen molar-refractivity contribution >= 4 is 17.5 Å². The smallest absolute Gasteiger partial charge is 0.357 e. The molecule has 3 aromatic rings. The molecule has 26 heavy (non-hydrogen) atoms. The van der Waals surface area contributed by atoms with E-state index in [1.165, 1.54) is 13.0 Å². The quantitative estimate of drug-likeness (QED) is 0.710. The number of anilines is 3. The van der Waals surface area contributed by atoms with Crippen molar-refractivity contribution in [3.8, 4) is 11.3 Å². The number of rotatable bonds is 4. The van der Waals surface area contributed by atoms with E-state index < -0.39 is 11.7 Å². The van der Waals surface area contributed by atoms with Gasteiger partial charge < -0.3 is 10.6 Å². The summed E-state index contributed by atoms with van der Waals surface area (Å²) in [7, 11) is 1.67. The van der Waals surface area contributed by atoms with Crippen LogP contribution in [0.25, 0.3) is 11.3 Å². The van der Waals surface area contributed by atoms with Crippen LogP contribution in [0.2, 0.25) is 0 Å². The summed E-state index contributed by atoms with van der Waals surface area (Å²) in [5.41, 5.74) is 1.15. The second-order valence-electron chi connectivity index (χ2n) is 5.61. The molecule has 134 valence electrons. The van der Waals surface area contributed by atoms with Crippen LogP contribution in [-0.2, 0) is 6.18 Å². The number of halogens is 3. The molecule has 5 nitrogen and oxygen atoms in total. The first-order chi connectivity index (χ1) is 12.4. The van der Waals surface area contributed by atoms with Gasteiger partial charge in [0.2, 0.25) is 5.95 Å². The van der Waals surface area contributed by atoms with Crippen molar-refractivity contribution in [3.05, 3.63) is 59.9 Å². The van der Waals surface area contributed by atoms with Crippen LogP contribution in [0.1, 0.15) is 11.1 Å². The average molecular weight is 359 g/mol. The van der Waals surface area contributed by atoms with Gasteiger partial charge in [-0.3, -0.25) is 4.98 Å². The second kappa shape index (κ2) is 6.99. The minimum absolute atomic E-state index is 0.165. The largest absolute Gasteiger partial charge is 0.416 e. The van der Waals surface area contributed by atoms with E-state index in [4.69, 9.17) is 0 Å². The molecule has 0 amide bonds. The van der Waals surface area contributed by atoms with Crippen molar-refractivity contribution in [1.82, 2.24) is 15.0 Å². The third-order valence-corrected chi connectivity index (χ3v) is 3.72. The minimum Gasteiger partial charge on any atom is -0.357 e. The van der Waals surface area contributed by atoms with Crippen molar-refractivity contribution < 1.29 is 13.2 Å². The summed E-state index contributed by atoms with van der Waals surface area (Å²) < 4.78 is 39.3. The van der Waals surface area contributed by atoms with Crippen molar-refractivity contribution in [3.63, 3.8) is 0 Å². The van der Waals surface area contributed by atoms with E-state index in [-0.39, 0.29) is 5.56 Å². The molecule has 2 heterocycles. The molecule has 0 aliphatic carbocycles. The molecule has 0 bridgehead atoms. The normalized spacial score (nSPS) is 11.3. The molecule has 0 aliphatic rings. The van der Waals surface area contributed by atoms with Crippen LogP contribution >= 0.6 is 0 Å². The number of nitrogens with one attached hydrogen (secondary N) is 2. The molecule has 0 saturated heterocycles. The molecule has 0 spiro atoms. The van der Waals surface area contributed by atoms with Gasteiger partial charge in [-0.2, -0.15) is 18.2 Å². The first-order valence-corrected chi connectivity index (χ1v) is 7.79. The zero-order valence-electron chi connectivity index (χ0n) is 14.1. The summed E-state index contributed by atoms with van der Waals surface area (Å²) in [6.45, 7) is 1.43. The lowest BCUT2D eigenvalue weighted by atomic mass is 10.1. The molecule has 2 aromatic heterocycles. The number of alkyl halides is 3. The maximum absolute atomic E-state index is 13.1. The fraction of sp³-hybridized carbons (Fsp3) is 0.167. The zero-order chi connectivity index (χ0) is 18.7. The number of aryl methyl sites for hydroxylation is 1. The van der Waals surface area contributed by atoms with E-state index in [0.717, 1.165) is 11.6 Å². The van der Waals surface area contributed by atoms with Crippen LogP contribution in [0, 0.1) is 6.92 Å². The lowest BCUT2D eigenvalue weighted by molar-refractivity contribution is -0.138. The molecule has 2 N–H and O–H groups in total. The Labute approximate surface area is 148 Å². The third kappa shape index (κ3) is 3.90. The van der Waals surface area contributed by atoms with Gasteiger partial charge >= 0.3 is 6.18 Å². The Morgan fingerprint density at radius 1 is 1.04 bits per heavy atom. The Kier molecular flexibility index (Phi) is 4.75. The zero-order valence-corrected chi connectivity index (χ0v) is 14.1. The third-order valence-electron chi connectivity index (χ3n) is 3.72. The molecule has 3 rings (SSSR count). The van der Waals surface area contributed by atoms with Gasteiger partial charge in [-0.1, -0.05) is 6.07 Å². The first kappa shape index (κ1) is 17.7. The van der Waals surface area contributed by atoms with Gasteiger partial charge in [-0.25, -0.2) is 4.98 Å². The predicted molar refractivity (Wildman–Crippen MR) is 94.3 cm³/mol. The van der Waals surface area contributed by atoms with Gasteiger partial charge in [0.25, 0.3) is 0 Å². The van der Waals surface area contributed by atoms with Crippen LogP contribution in [0.4, 0.5) is 30.6 Å². The molecule has 0 fully saturated rings. The molecule has 0 saturated carbocycles. The standard InChI is InChI=1S/C18H16F3N5/c1-11-5-6-13(8-14(11)18(19,20)21)24-16-9-15(25-17(22-2)26-16)12-4-3-7-23-10-12/h3-10H,1-2H3,(H2,22,24,25,26). The van der Waals surface area contributed by atoms with Gasteiger partial charge in [-0.15, -0.1) is 0 Å². The molecule has 0 radical (unpaired) electrons. The fourth-order valence-electron chi connectivity index (χ4n) is 2.44. The van der Waals surface area contributed by atoms with Gasteiger partial charge in [0.05, 0.1) is 11.3 Å². The van der Waals surface area contributed by atoms with Crippen LogP contribution in [-0.4, -0.2) is 22.0 Å². The number of benzene rings is 1. The predicted octanol–water partition coefficient (Wildman–Crippen LogP) is 4.65. The average Bonchev–Trinajstić information content (AvgIpc) is 2.63. The van der Waals surface area contributed by atoms with Gasteiger partial charge in [0.15, 0.2) is 0 Å². The highest BCUT2D eigenvalue weighted by Gasteiger charge is 2.32. The Balaban J connectivity index is 1.98. The maximum atomic E-state index is 13.1. The highest BCUT2D eigenvalue weighted by atomic mass is 19.4. The summed E-state index contributed by atoms with van der Waals surface area (Å²) >= 11 is 0. The van der Waals surface area contributed by atoms with Crippen molar-refractivity contribution in [2.45, 2.75) is 13.1 Å².